The molecule has 24 heteroatoms. The molecule has 2 atom stereocenters. The van der Waals surface area contributed by atoms with Crippen molar-refractivity contribution < 1.29 is 43.2 Å². The number of nitrogen functional groups attached to an aromatic ring is 1. The first-order valence-electron chi connectivity index (χ1n) is 15.0. The van der Waals surface area contributed by atoms with Crippen molar-refractivity contribution in [1.82, 2.24) is 30.4 Å². The van der Waals surface area contributed by atoms with Gasteiger partial charge in [0.2, 0.25) is 11.3 Å². The molecule has 0 aromatic carbocycles. The molecule has 3 amide bonds. The quantitative estimate of drug-likeness (QED) is 0.0269. The van der Waals surface area contributed by atoms with Gasteiger partial charge in [-0.25, -0.2) is 9.55 Å². The van der Waals surface area contributed by atoms with Gasteiger partial charge in [0, 0.05) is 41.3 Å². The van der Waals surface area contributed by atoms with E-state index >= 15 is 0 Å². The third-order valence-electron chi connectivity index (χ3n) is 7.35. The van der Waals surface area contributed by atoms with Gasteiger partial charge in [0.25, 0.3) is 22.9 Å². The lowest BCUT2D eigenvalue weighted by atomic mass is 10.0. The molecule has 6 rings (SSSR count). The molecule has 0 radical (unpaired) electrons. The third kappa shape index (κ3) is 9.20. The van der Waals surface area contributed by atoms with Crippen molar-refractivity contribution in [3.8, 4) is 17.3 Å². The van der Waals surface area contributed by atoms with Gasteiger partial charge in [0.15, 0.2) is 35.5 Å². The smallest absolute Gasteiger partial charge is 0.277 e. The van der Waals surface area contributed by atoms with Gasteiger partial charge >= 0.3 is 0 Å². The van der Waals surface area contributed by atoms with Crippen LogP contribution in [0.25, 0.3) is 11.6 Å². The van der Waals surface area contributed by atoms with E-state index in [1.165, 1.54) is 17.1 Å². The van der Waals surface area contributed by atoms with E-state index in [0.29, 0.717) is 17.7 Å². The number of oxime groups is 1. The third-order valence-corrected chi connectivity index (χ3v) is 10.1. The average Bonchev–Trinajstić information content (AvgIpc) is 3.78. The van der Waals surface area contributed by atoms with Crippen LogP contribution in [0.2, 0.25) is 0 Å². The molecule has 54 heavy (non-hydrogen) atoms. The normalized spacial score (nSPS) is 16.6. The fourth-order valence-corrected chi connectivity index (χ4v) is 7.31. The Morgan fingerprint density at radius 3 is 2.69 bits per heavy atom. The van der Waals surface area contributed by atoms with E-state index in [1.54, 1.807) is 41.2 Å². The number of aromatic amines is 1. The van der Waals surface area contributed by atoms with Gasteiger partial charge in [-0.2, -0.15) is 0 Å². The number of β-lactam (4-membered cyclic amide) rings is 1. The SMILES string of the molecule is Cl.Cl.NC(=O)c1cc[n+](C/C=C/C2=C(C(=O)[O-])N3C(=O)[C@@H](NC(=O)/C(=N\OCCSc4nnc(-c5cc(=O)c(O)c[nH]5)o4)c4csc(N)n4)[C@H]3SC2)cc1. The number of aromatic nitrogens is 5. The fraction of sp³-hybridized carbons (Fsp3) is 0.200. The summed E-state index contributed by atoms with van der Waals surface area (Å²) in [5, 5.41) is 37.0. The number of hydrogen-bond acceptors (Lipinski definition) is 17. The minimum Gasteiger partial charge on any atom is -0.543 e. The van der Waals surface area contributed by atoms with Gasteiger partial charge in [-0.15, -0.1) is 58.1 Å². The molecule has 1 fully saturated rings. The molecule has 4 aromatic heterocycles. The Balaban J connectivity index is 0.00000325. The summed E-state index contributed by atoms with van der Waals surface area (Å²) in [4.78, 5) is 75.0. The number of fused-ring (bicyclic) bond motifs is 1. The Kier molecular flexibility index (Phi) is 13.8. The first kappa shape index (κ1) is 41.3. The standard InChI is InChI=1S/C30H26N10O9S3.2ClH/c31-23(43)14-3-6-39(7-4-14)5-1-2-15-12-51-27-21(26(45)40(27)22(15)28(46)47)35-24(44)20(17-13-52-29(32)34-17)38-48-8-9-50-30-37-36-25(49-30)16-10-18(41)19(42)11-33-16;;/h1-4,6-7,10-11,13,21,27H,5,8-9,12,31H2,(H5,32,34,35,43,44,46,47);2*1H/b2-1+,38-20-;;/t21-,27-;;/m1../s1. The number of nitrogens with zero attached hydrogens (tertiary/aromatic N) is 6. The van der Waals surface area contributed by atoms with Crippen LogP contribution in [-0.2, 0) is 25.8 Å². The highest BCUT2D eigenvalue weighted by molar-refractivity contribution is 8.00. The Morgan fingerprint density at radius 1 is 1.26 bits per heavy atom. The van der Waals surface area contributed by atoms with Crippen LogP contribution in [0, 0.1) is 0 Å². The molecule has 6 heterocycles. The van der Waals surface area contributed by atoms with E-state index in [4.69, 9.17) is 20.7 Å². The van der Waals surface area contributed by atoms with Gasteiger partial charge in [-0.1, -0.05) is 23.0 Å². The number of primary amides is 1. The van der Waals surface area contributed by atoms with E-state index in [2.05, 4.69) is 30.6 Å². The van der Waals surface area contributed by atoms with E-state index in [9.17, 15) is 34.2 Å². The summed E-state index contributed by atoms with van der Waals surface area (Å²) in [5.41, 5.74) is 10.9. The Hall–Kier alpha value is -5.42. The number of carbonyl (C=O) groups is 4. The number of amides is 3. The minimum atomic E-state index is -1.54. The zero-order valence-electron chi connectivity index (χ0n) is 27.3. The lowest BCUT2D eigenvalue weighted by molar-refractivity contribution is -0.687. The van der Waals surface area contributed by atoms with E-state index < -0.39 is 46.3 Å². The number of anilines is 1. The molecular formula is C30H28Cl2N10O9S3. The number of aliphatic carboxylic acids is 1. The van der Waals surface area contributed by atoms with Crippen molar-refractivity contribution in [2.45, 2.75) is 23.2 Å². The number of nitrogens with two attached hydrogens (primary N) is 2. The Labute approximate surface area is 328 Å². The van der Waals surface area contributed by atoms with Crippen LogP contribution in [0.4, 0.5) is 5.13 Å². The second-order valence-electron chi connectivity index (χ2n) is 10.7. The van der Waals surface area contributed by atoms with Gasteiger partial charge in [-0.05, 0) is 11.6 Å². The zero-order chi connectivity index (χ0) is 36.9. The van der Waals surface area contributed by atoms with E-state index in [-0.39, 0.29) is 82.0 Å². The van der Waals surface area contributed by atoms with Crippen LogP contribution < -0.4 is 31.9 Å². The summed E-state index contributed by atoms with van der Waals surface area (Å²) in [6.07, 6.45) is 7.69. The second kappa shape index (κ2) is 18.1. The fourth-order valence-electron chi connectivity index (χ4n) is 4.87. The number of thiazole rings is 1. The summed E-state index contributed by atoms with van der Waals surface area (Å²) in [6, 6.07) is 3.15. The molecule has 1 saturated heterocycles. The van der Waals surface area contributed by atoms with Crippen molar-refractivity contribution in [3.05, 3.63) is 87.1 Å². The van der Waals surface area contributed by atoms with Crippen LogP contribution in [0.3, 0.4) is 0 Å². The lowest BCUT2D eigenvalue weighted by Crippen LogP contribution is -2.71. The van der Waals surface area contributed by atoms with Crippen LogP contribution in [-0.4, -0.2) is 89.1 Å². The summed E-state index contributed by atoms with van der Waals surface area (Å²) in [5.74, 6) is -3.53. The number of pyridine rings is 2. The lowest BCUT2D eigenvalue weighted by Gasteiger charge is -2.50. The number of H-pyrrole nitrogens is 1. The van der Waals surface area contributed by atoms with Crippen LogP contribution >= 0.6 is 59.7 Å². The van der Waals surface area contributed by atoms with Gasteiger partial charge in [-0.3, -0.25) is 24.1 Å². The minimum absolute atomic E-state index is 0. The van der Waals surface area contributed by atoms with Crippen LogP contribution in [0.15, 0.2) is 85.2 Å². The monoisotopic (exact) mass is 838 g/mol. The molecular weight excluding hydrogens is 811 g/mol. The van der Waals surface area contributed by atoms with Crippen LogP contribution in [0.1, 0.15) is 16.1 Å². The van der Waals surface area contributed by atoms with Crippen molar-refractivity contribution in [1.29, 1.82) is 0 Å². The van der Waals surface area contributed by atoms with Crippen LogP contribution in [0.5, 0.6) is 5.75 Å². The number of rotatable bonds is 14. The summed E-state index contributed by atoms with van der Waals surface area (Å²) in [6.45, 7) is 0.312. The highest BCUT2D eigenvalue weighted by Gasteiger charge is 2.53. The van der Waals surface area contributed by atoms with Crippen molar-refractivity contribution >= 4 is 94.2 Å². The summed E-state index contributed by atoms with van der Waals surface area (Å²) >= 11 is 3.42. The predicted molar refractivity (Wildman–Crippen MR) is 198 cm³/mol. The van der Waals surface area contributed by atoms with E-state index in [0.717, 1.165) is 40.3 Å². The zero-order valence-corrected chi connectivity index (χ0v) is 31.4. The molecule has 0 spiro atoms. The number of allylic oxidation sites excluding steroid dienone is 2. The number of carboxylic acid groups (broad SMARTS) is 1. The summed E-state index contributed by atoms with van der Waals surface area (Å²) < 4.78 is 7.25. The molecule has 4 aromatic rings. The maximum absolute atomic E-state index is 13.4. The number of nitrogens with one attached hydrogen (secondary N) is 2. The van der Waals surface area contributed by atoms with Gasteiger partial charge in [0.05, 0.1) is 17.2 Å². The molecule has 0 aliphatic carbocycles. The molecule has 19 nitrogen and oxygen atoms in total. The number of hydrogen-bond donors (Lipinski definition) is 5. The molecule has 7 N–H and O–H groups in total. The average molecular weight is 840 g/mol. The maximum Gasteiger partial charge on any atom is 0.277 e. The number of carbonyl (C=O) groups excluding carboxylic acids is 4. The largest absolute Gasteiger partial charge is 0.543 e. The number of carboxylic acids is 1. The molecule has 0 bridgehead atoms. The number of thioether (sulfide) groups is 2. The van der Waals surface area contributed by atoms with Gasteiger partial charge in [0.1, 0.15) is 29.4 Å². The van der Waals surface area contributed by atoms with E-state index in [1.807, 2.05) is 0 Å². The molecule has 2 aliphatic rings. The Bertz CT molecular complexity index is 2210. The highest BCUT2D eigenvalue weighted by atomic mass is 35.5. The predicted octanol–water partition coefficient (Wildman–Crippen LogP) is -0.427. The van der Waals surface area contributed by atoms with Crippen molar-refractivity contribution in [2.24, 2.45) is 10.9 Å². The first-order valence-corrected chi connectivity index (χ1v) is 17.9. The highest BCUT2D eigenvalue weighted by Crippen LogP contribution is 2.40. The number of halogens is 2. The van der Waals surface area contributed by atoms with Crippen molar-refractivity contribution in [2.75, 3.05) is 23.8 Å². The number of aromatic hydroxyl groups is 1. The molecule has 0 saturated carbocycles. The summed E-state index contributed by atoms with van der Waals surface area (Å²) in [7, 11) is 0. The molecule has 2 aliphatic heterocycles. The van der Waals surface area contributed by atoms with Crippen molar-refractivity contribution in [3.63, 3.8) is 0 Å². The van der Waals surface area contributed by atoms with Gasteiger partial charge < -0.3 is 46.0 Å². The maximum atomic E-state index is 13.4. The molecule has 0 unspecified atom stereocenters. The topological polar surface area (TPSA) is 289 Å². The first-order chi connectivity index (χ1) is 25.0. The molecule has 284 valence electrons. The Morgan fingerprint density at radius 2 is 2.02 bits per heavy atom. The second-order valence-corrected chi connectivity index (χ2v) is 13.8.